The lowest BCUT2D eigenvalue weighted by atomic mass is 10.2. The highest BCUT2D eigenvalue weighted by atomic mass is 15.3. The van der Waals surface area contributed by atoms with Gasteiger partial charge >= 0.3 is 0 Å². The van der Waals surface area contributed by atoms with Crippen LogP contribution in [0.3, 0.4) is 0 Å². The van der Waals surface area contributed by atoms with Gasteiger partial charge in [-0.05, 0) is 24.6 Å². The van der Waals surface area contributed by atoms with Gasteiger partial charge in [0.2, 0.25) is 11.9 Å². The molecule has 0 bridgehead atoms. The van der Waals surface area contributed by atoms with Crippen LogP contribution in [0, 0.1) is 6.92 Å². The Morgan fingerprint density at radius 3 is 2.65 bits per heavy atom. The fourth-order valence-corrected chi connectivity index (χ4v) is 2.86. The van der Waals surface area contributed by atoms with Crippen LogP contribution < -0.4 is 20.9 Å². The van der Waals surface area contributed by atoms with Gasteiger partial charge in [0.1, 0.15) is 32.7 Å². The smallest absolute Gasteiger partial charge is 0.232 e. The predicted octanol–water partition coefficient (Wildman–Crippen LogP) is -1.58. The molecule has 0 radical (unpaired) electrons. The molecule has 122 valence electrons. The number of quaternary nitrogens is 2. The molecular formula is C16H25N7+2. The molecule has 0 spiro atoms. The molecule has 2 aromatic rings. The highest BCUT2D eigenvalue weighted by molar-refractivity contribution is 5.54. The first kappa shape index (κ1) is 15.6. The number of aromatic nitrogens is 3. The second-order valence-corrected chi connectivity index (χ2v) is 6.31. The summed E-state index contributed by atoms with van der Waals surface area (Å²) >= 11 is 0. The number of nitrogens with one attached hydrogen (secondary N) is 3. The van der Waals surface area contributed by atoms with E-state index < -0.39 is 0 Å². The number of nitrogen functional groups attached to an aromatic ring is 1. The molecule has 0 aliphatic carbocycles. The summed E-state index contributed by atoms with van der Waals surface area (Å²) in [5.74, 6) is 1.53. The van der Waals surface area contributed by atoms with E-state index in [1.54, 1.807) is 4.90 Å². The molecule has 1 aromatic heterocycles. The molecule has 7 nitrogen and oxygen atoms in total. The number of nitrogens with two attached hydrogens (primary N) is 1. The molecule has 1 aliphatic heterocycles. The molecule has 7 heteroatoms. The Kier molecular flexibility index (Phi) is 4.68. The molecule has 0 atom stereocenters. The van der Waals surface area contributed by atoms with Crippen molar-refractivity contribution in [3.8, 4) is 0 Å². The highest BCUT2D eigenvalue weighted by Gasteiger charge is 2.21. The van der Waals surface area contributed by atoms with Gasteiger partial charge in [-0.25, -0.2) is 0 Å². The topological polar surface area (TPSA) is 85.6 Å². The molecule has 3 rings (SSSR count). The first-order chi connectivity index (χ1) is 11.1. The number of aryl methyl sites for hydroxylation is 1. The van der Waals surface area contributed by atoms with Gasteiger partial charge in [-0.15, -0.1) is 0 Å². The van der Waals surface area contributed by atoms with Gasteiger partial charge in [0.15, 0.2) is 5.82 Å². The average Bonchev–Trinajstić information content (AvgIpc) is 2.49. The zero-order valence-corrected chi connectivity index (χ0v) is 13.8. The number of hydrogen-bond donors (Lipinski definition) is 4. The molecule has 0 saturated carbocycles. The molecule has 0 unspecified atom stereocenters. The van der Waals surface area contributed by atoms with E-state index >= 15 is 0 Å². The molecule has 23 heavy (non-hydrogen) atoms. The quantitative estimate of drug-likeness (QED) is 0.547. The van der Waals surface area contributed by atoms with Crippen molar-refractivity contribution in [2.45, 2.75) is 13.5 Å². The Morgan fingerprint density at radius 2 is 1.91 bits per heavy atom. The summed E-state index contributed by atoms with van der Waals surface area (Å²) in [5, 5.41) is 3.21. The first-order valence-electron chi connectivity index (χ1n) is 8.07. The number of benzene rings is 1. The van der Waals surface area contributed by atoms with Crippen LogP contribution >= 0.6 is 0 Å². The van der Waals surface area contributed by atoms with E-state index in [4.69, 9.17) is 5.73 Å². The normalized spacial score (nSPS) is 21.1. The van der Waals surface area contributed by atoms with Crippen LogP contribution in [0.1, 0.15) is 11.4 Å². The number of rotatable bonds is 4. The van der Waals surface area contributed by atoms with Crippen LogP contribution in [0.2, 0.25) is 0 Å². The minimum atomic E-state index is 0.268. The average molecular weight is 315 g/mol. The Bertz CT molecular complexity index is 665. The summed E-state index contributed by atoms with van der Waals surface area (Å²) in [6.45, 7) is 7.49. The van der Waals surface area contributed by atoms with Gasteiger partial charge in [-0.1, -0.05) is 12.1 Å². The third kappa shape index (κ3) is 4.37. The van der Waals surface area contributed by atoms with Crippen LogP contribution in [0.4, 0.5) is 17.6 Å². The molecule has 0 amide bonds. The zero-order chi connectivity index (χ0) is 16.2. The third-order valence-electron chi connectivity index (χ3n) is 4.19. The minimum Gasteiger partial charge on any atom is -0.368 e. The van der Waals surface area contributed by atoms with Gasteiger partial charge in [-0.2, -0.15) is 15.0 Å². The SMILES string of the molecule is Cc1cccc(Nc2nc(N)nc(C[NH+]3CC[NH+](C)CC3)n2)c1. The number of hydrogen-bond acceptors (Lipinski definition) is 5. The molecule has 2 heterocycles. The Balaban J connectivity index is 1.71. The second-order valence-electron chi connectivity index (χ2n) is 6.31. The van der Waals surface area contributed by atoms with Crippen molar-refractivity contribution in [1.82, 2.24) is 15.0 Å². The molecular weight excluding hydrogens is 290 g/mol. The van der Waals surface area contributed by atoms with Gasteiger partial charge < -0.3 is 20.9 Å². The molecule has 1 aromatic carbocycles. The van der Waals surface area contributed by atoms with E-state index in [0.717, 1.165) is 31.1 Å². The van der Waals surface area contributed by atoms with Crippen LogP contribution in [0.15, 0.2) is 24.3 Å². The second kappa shape index (κ2) is 6.89. The fraction of sp³-hybridized carbons (Fsp3) is 0.438. The van der Waals surface area contributed by atoms with Crippen molar-refractivity contribution in [1.29, 1.82) is 0 Å². The van der Waals surface area contributed by atoms with Crippen LogP contribution in [0.25, 0.3) is 0 Å². The van der Waals surface area contributed by atoms with E-state index in [2.05, 4.69) is 40.3 Å². The Hall–Kier alpha value is -2.25. The van der Waals surface area contributed by atoms with Crippen molar-refractivity contribution in [3.05, 3.63) is 35.7 Å². The van der Waals surface area contributed by atoms with Crippen molar-refractivity contribution in [2.24, 2.45) is 0 Å². The number of anilines is 3. The van der Waals surface area contributed by atoms with Gasteiger partial charge in [0.05, 0.1) is 7.05 Å². The van der Waals surface area contributed by atoms with Crippen molar-refractivity contribution < 1.29 is 9.80 Å². The lowest BCUT2D eigenvalue weighted by Crippen LogP contribution is -3.26. The first-order valence-corrected chi connectivity index (χ1v) is 8.07. The predicted molar refractivity (Wildman–Crippen MR) is 89.7 cm³/mol. The third-order valence-corrected chi connectivity index (χ3v) is 4.19. The summed E-state index contributed by atoms with van der Waals surface area (Å²) in [7, 11) is 2.24. The largest absolute Gasteiger partial charge is 0.368 e. The zero-order valence-electron chi connectivity index (χ0n) is 13.8. The van der Waals surface area contributed by atoms with Crippen LogP contribution in [-0.2, 0) is 6.54 Å². The number of likely N-dealkylation sites (N-methyl/N-ethyl adjacent to an activating group) is 1. The van der Waals surface area contributed by atoms with Crippen LogP contribution in [0.5, 0.6) is 0 Å². The molecule has 1 fully saturated rings. The maximum Gasteiger partial charge on any atom is 0.232 e. The highest BCUT2D eigenvalue weighted by Crippen LogP contribution is 2.14. The number of nitrogens with zero attached hydrogens (tertiary/aromatic N) is 3. The minimum absolute atomic E-state index is 0.268. The van der Waals surface area contributed by atoms with Gasteiger partial charge in [0, 0.05) is 5.69 Å². The lowest BCUT2D eigenvalue weighted by Gasteiger charge is -2.26. The van der Waals surface area contributed by atoms with Crippen molar-refractivity contribution >= 4 is 17.6 Å². The number of piperazine rings is 1. The van der Waals surface area contributed by atoms with E-state index in [1.807, 2.05) is 18.2 Å². The van der Waals surface area contributed by atoms with E-state index in [0.29, 0.717) is 5.95 Å². The fourth-order valence-electron chi connectivity index (χ4n) is 2.86. The summed E-state index contributed by atoms with van der Waals surface area (Å²) in [6, 6.07) is 8.09. The van der Waals surface area contributed by atoms with Crippen molar-refractivity contribution in [3.63, 3.8) is 0 Å². The maximum absolute atomic E-state index is 5.85. The molecule has 1 saturated heterocycles. The summed E-state index contributed by atoms with van der Waals surface area (Å²) in [5.41, 5.74) is 7.99. The van der Waals surface area contributed by atoms with E-state index in [-0.39, 0.29) is 5.95 Å². The van der Waals surface area contributed by atoms with Gasteiger partial charge in [0.25, 0.3) is 0 Å². The van der Waals surface area contributed by atoms with E-state index in [9.17, 15) is 0 Å². The Labute approximate surface area is 136 Å². The Morgan fingerprint density at radius 1 is 1.13 bits per heavy atom. The molecule has 1 aliphatic rings. The monoisotopic (exact) mass is 315 g/mol. The summed E-state index contributed by atoms with van der Waals surface area (Å²) in [4.78, 5) is 16.1. The van der Waals surface area contributed by atoms with Crippen molar-refractivity contribution in [2.75, 3.05) is 44.3 Å². The molecule has 5 N–H and O–H groups in total. The van der Waals surface area contributed by atoms with E-state index in [1.165, 1.54) is 23.6 Å². The summed E-state index contributed by atoms with van der Waals surface area (Å²) < 4.78 is 0. The lowest BCUT2D eigenvalue weighted by molar-refractivity contribution is -1.01. The van der Waals surface area contributed by atoms with Crippen LogP contribution in [-0.4, -0.2) is 48.2 Å². The standard InChI is InChI=1S/C16H23N7/c1-12-4-3-5-13(10-12)18-16-20-14(19-15(17)21-16)11-23-8-6-22(2)7-9-23/h3-5,10H,6-9,11H2,1-2H3,(H3,17,18,19,20,21)/p+2. The maximum atomic E-state index is 5.85. The van der Waals surface area contributed by atoms with Gasteiger partial charge in [-0.3, -0.25) is 0 Å². The summed E-state index contributed by atoms with van der Waals surface area (Å²) in [6.07, 6.45) is 0.